The lowest BCUT2D eigenvalue weighted by Gasteiger charge is -2.34. The van der Waals surface area contributed by atoms with Gasteiger partial charge in [-0.3, -0.25) is 4.79 Å². The first-order valence-corrected chi connectivity index (χ1v) is 13.4. The molecule has 3 aromatic rings. The summed E-state index contributed by atoms with van der Waals surface area (Å²) in [5.74, 6) is -0.374. The monoisotopic (exact) mass is 559 g/mol. The van der Waals surface area contributed by atoms with Crippen LogP contribution in [0.15, 0.2) is 47.4 Å². The minimum Gasteiger partial charge on any atom is -0.372 e. The minimum absolute atomic E-state index is 0.0416. The van der Waals surface area contributed by atoms with Crippen LogP contribution >= 0.6 is 22.9 Å². The molecule has 0 spiro atoms. The van der Waals surface area contributed by atoms with Crippen LogP contribution in [-0.2, 0) is 20.9 Å². The molecule has 4 rings (SSSR count). The normalized spacial score (nSPS) is 18.9. The molecular weight excluding hydrogens is 539 g/mol. The van der Waals surface area contributed by atoms with Gasteiger partial charge in [-0.15, -0.1) is 11.3 Å². The number of ether oxygens (including phenoxy) is 1. The Hall–Kier alpha value is -2.51. The van der Waals surface area contributed by atoms with E-state index in [4.69, 9.17) is 21.5 Å². The van der Waals surface area contributed by atoms with Crippen LogP contribution in [0.2, 0.25) is 5.02 Å². The van der Waals surface area contributed by atoms with Crippen LogP contribution in [0.3, 0.4) is 0 Å². The number of hydrogen-bond acceptors (Lipinski definition) is 6. The number of halogens is 4. The first-order valence-electron chi connectivity index (χ1n) is 10.7. The van der Waals surface area contributed by atoms with Gasteiger partial charge in [-0.25, -0.2) is 18.5 Å². The number of alkyl halides is 3. The van der Waals surface area contributed by atoms with Gasteiger partial charge in [0.1, 0.15) is 0 Å². The first-order chi connectivity index (χ1) is 16.7. The van der Waals surface area contributed by atoms with Crippen molar-refractivity contribution in [3.8, 4) is 21.7 Å². The standard InChI is InChI=1S/C23H21ClF3N3O4S2/c1-12-10-30(11-13(2)34-12)22(31)21-29-19(14-3-6-16(24)7-4-14)20(35-21)15-5-8-18(36(28,32)33)17(9-15)23(25,26)27/h3-9,12-13H,10-11H2,1-2H3,(H2,28,32,33). The van der Waals surface area contributed by atoms with Gasteiger partial charge in [-0.1, -0.05) is 29.8 Å². The van der Waals surface area contributed by atoms with E-state index in [2.05, 4.69) is 4.98 Å². The van der Waals surface area contributed by atoms with Crippen molar-refractivity contribution in [1.82, 2.24) is 9.88 Å². The number of primary sulfonamides is 1. The summed E-state index contributed by atoms with van der Waals surface area (Å²) < 4.78 is 70.6. The van der Waals surface area contributed by atoms with E-state index in [0.29, 0.717) is 29.7 Å². The average Bonchev–Trinajstić information content (AvgIpc) is 3.22. The zero-order valence-corrected chi connectivity index (χ0v) is 21.4. The zero-order chi connectivity index (χ0) is 26.4. The lowest BCUT2D eigenvalue weighted by atomic mass is 10.0. The van der Waals surface area contributed by atoms with Gasteiger partial charge in [0.05, 0.1) is 33.2 Å². The molecule has 1 saturated heterocycles. The Kier molecular flexibility index (Phi) is 7.19. The maximum absolute atomic E-state index is 13.8. The van der Waals surface area contributed by atoms with Crippen LogP contribution in [0.4, 0.5) is 13.2 Å². The van der Waals surface area contributed by atoms with Gasteiger partial charge >= 0.3 is 6.18 Å². The smallest absolute Gasteiger partial charge is 0.372 e. The van der Waals surface area contributed by atoms with Crippen molar-refractivity contribution in [2.45, 2.75) is 37.1 Å². The molecule has 0 radical (unpaired) electrons. The second-order valence-electron chi connectivity index (χ2n) is 8.42. The summed E-state index contributed by atoms with van der Waals surface area (Å²) in [4.78, 5) is 18.6. The Morgan fingerprint density at radius 2 is 1.69 bits per heavy atom. The van der Waals surface area contributed by atoms with E-state index in [9.17, 15) is 26.4 Å². The summed E-state index contributed by atoms with van der Waals surface area (Å²) in [6, 6.07) is 9.20. The molecule has 1 aromatic heterocycles. The van der Waals surface area contributed by atoms with Crippen molar-refractivity contribution in [3.05, 3.63) is 58.1 Å². The number of amides is 1. The molecule has 192 valence electrons. The fourth-order valence-corrected chi connectivity index (χ4v) is 5.95. The van der Waals surface area contributed by atoms with Crippen molar-refractivity contribution in [2.24, 2.45) is 5.14 Å². The molecule has 0 aliphatic carbocycles. The van der Waals surface area contributed by atoms with Crippen LogP contribution in [-0.4, -0.2) is 49.5 Å². The molecule has 2 aromatic carbocycles. The number of hydrogen-bond donors (Lipinski definition) is 1. The fraction of sp³-hybridized carbons (Fsp3) is 0.304. The highest BCUT2D eigenvalue weighted by molar-refractivity contribution is 7.89. The highest BCUT2D eigenvalue weighted by Crippen LogP contribution is 2.42. The van der Waals surface area contributed by atoms with E-state index >= 15 is 0 Å². The number of thiazole rings is 1. The van der Waals surface area contributed by atoms with Gasteiger partial charge in [0.15, 0.2) is 5.01 Å². The Morgan fingerprint density at radius 3 is 2.25 bits per heavy atom. The number of aromatic nitrogens is 1. The second-order valence-corrected chi connectivity index (χ2v) is 11.4. The van der Waals surface area contributed by atoms with Crippen LogP contribution in [0.5, 0.6) is 0 Å². The van der Waals surface area contributed by atoms with E-state index in [1.807, 2.05) is 13.8 Å². The van der Waals surface area contributed by atoms with Gasteiger partial charge in [-0.05, 0) is 43.7 Å². The van der Waals surface area contributed by atoms with E-state index in [1.165, 1.54) is 6.07 Å². The van der Waals surface area contributed by atoms with E-state index in [-0.39, 0.29) is 39.3 Å². The highest BCUT2D eigenvalue weighted by atomic mass is 35.5. The second kappa shape index (κ2) is 9.75. The Labute approximate surface area is 214 Å². The van der Waals surface area contributed by atoms with Gasteiger partial charge in [0, 0.05) is 23.7 Å². The third-order valence-electron chi connectivity index (χ3n) is 5.49. The summed E-state index contributed by atoms with van der Waals surface area (Å²) in [5.41, 5.74) is -0.565. The third-order valence-corrected chi connectivity index (χ3v) is 7.80. The number of nitrogens with two attached hydrogens (primary N) is 1. The predicted octanol–water partition coefficient (Wildman–Crippen LogP) is 5.05. The maximum atomic E-state index is 13.8. The maximum Gasteiger partial charge on any atom is 0.417 e. The molecule has 1 fully saturated rings. The summed E-state index contributed by atoms with van der Waals surface area (Å²) in [5, 5.41) is 5.54. The predicted molar refractivity (Wildman–Crippen MR) is 130 cm³/mol. The van der Waals surface area contributed by atoms with Crippen LogP contribution in [0, 0.1) is 0 Å². The van der Waals surface area contributed by atoms with Gasteiger partial charge in [0.2, 0.25) is 10.0 Å². The molecule has 2 N–H and O–H groups in total. The molecule has 1 aliphatic rings. The topological polar surface area (TPSA) is 103 Å². The van der Waals surface area contributed by atoms with E-state index < -0.39 is 26.7 Å². The third kappa shape index (κ3) is 5.57. The molecule has 7 nitrogen and oxygen atoms in total. The molecule has 2 heterocycles. The molecule has 13 heteroatoms. The van der Waals surface area contributed by atoms with Crippen molar-refractivity contribution < 1.29 is 31.1 Å². The fourth-order valence-electron chi connectivity index (χ4n) is 4.03. The Bertz CT molecular complexity index is 1400. The number of sulfonamides is 1. The number of morpholine rings is 1. The largest absolute Gasteiger partial charge is 0.417 e. The van der Waals surface area contributed by atoms with Gasteiger partial charge in [-0.2, -0.15) is 13.2 Å². The molecule has 0 saturated carbocycles. The number of rotatable bonds is 4. The molecular formula is C23H21ClF3N3O4S2. The van der Waals surface area contributed by atoms with Crippen molar-refractivity contribution >= 4 is 38.9 Å². The molecule has 1 aliphatic heterocycles. The SMILES string of the molecule is CC1CN(C(=O)c2nc(-c3ccc(Cl)cc3)c(-c3ccc(S(N)(=O)=O)c(C(F)(F)F)c3)s2)CC(C)O1. The molecule has 2 unspecified atom stereocenters. The van der Waals surface area contributed by atoms with Crippen molar-refractivity contribution in [2.75, 3.05) is 13.1 Å². The first kappa shape index (κ1) is 26.6. The Morgan fingerprint density at radius 1 is 1.11 bits per heavy atom. The summed E-state index contributed by atoms with van der Waals surface area (Å²) in [6.07, 6.45) is -5.36. The highest BCUT2D eigenvalue weighted by Gasteiger charge is 2.37. The van der Waals surface area contributed by atoms with Gasteiger partial charge < -0.3 is 9.64 Å². The van der Waals surface area contributed by atoms with Gasteiger partial charge in [0.25, 0.3) is 5.91 Å². The van der Waals surface area contributed by atoms with Crippen molar-refractivity contribution in [3.63, 3.8) is 0 Å². The average molecular weight is 560 g/mol. The summed E-state index contributed by atoms with van der Waals surface area (Å²) in [6.45, 7) is 4.37. The van der Waals surface area contributed by atoms with Crippen LogP contribution in [0.1, 0.15) is 29.2 Å². The lowest BCUT2D eigenvalue weighted by Crippen LogP contribution is -2.48. The van der Waals surface area contributed by atoms with Crippen molar-refractivity contribution in [1.29, 1.82) is 0 Å². The number of carbonyl (C=O) groups is 1. The molecule has 2 atom stereocenters. The number of carbonyl (C=O) groups excluding carboxylic acids is 1. The summed E-state index contributed by atoms with van der Waals surface area (Å²) >= 11 is 6.91. The quantitative estimate of drug-likeness (QED) is 0.482. The Balaban J connectivity index is 1.87. The van der Waals surface area contributed by atoms with E-state index in [0.717, 1.165) is 17.4 Å². The van der Waals surface area contributed by atoms with E-state index in [1.54, 1.807) is 29.2 Å². The molecule has 36 heavy (non-hydrogen) atoms. The molecule has 0 bridgehead atoms. The van der Waals surface area contributed by atoms with Crippen LogP contribution in [0.25, 0.3) is 21.7 Å². The summed E-state index contributed by atoms with van der Waals surface area (Å²) in [7, 11) is -4.64. The number of nitrogens with zero attached hydrogens (tertiary/aromatic N) is 2. The minimum atomic E-state index is -4.98. The number of benzene rings is 2. The van der Waals surface area contributed by atoms with Crippen LogP contribution < -0.4 is 5.14 Å². The zero-order valence-electron chi connectivity index (χ0n) is 19.0. The lowest BCUT2D eigenvalue weighted by molar-refractivity contribution is -0.139. The molecule has 1 amide bonds.